The van der Waals surface area contributed by atoms with E-state index in [2.05, 4.69) is 44.4 Å². The first kappa shape index (κ1) is 12.5. The van der Waals surface area contributed by atoms with Gasteiger partial charge in [0.1, 0.15) is 0 Å². The molecule has 6 heteroatoms. The molecule has 1 aliphatic rings. The van der Waals surface area contributed by atoms with E-state index >= 15 is 0 Å². The number of piperidine rings is 1. The van der Waals surface area contributed by atoms with Crippen LogP contribution in [-0.4, -0.2) is 28.5 Å². The Kier molecular flexibility index (Phi) is 3.80. The minimum atomic E-state index is -0.229. The van der Waals surface area contributed by atoms with Crippen molar-refractivity contribution in [2.75, 3.05) is 11.4 Å². The first-order chi connectivity index (χ1) is 8.08. The topological polar surface area (TPSA) is 72.1 Å². The summed E-state index contributed by atoms with van der Waals surface area (Å²) in [6, 6.07) is 0.352. The van der Waals surface area contributed by atoms with Gasteiger partial charge in [-0.15, -0.1) is 0 Å². The van der Waals surface area contributed by atoms with Gasteiger partial charge in [-0.1, -0.05) is 0 Å². The molecule has 2 N–H and O–H groups in total. The van der Waals surface area contributed by atoms with Crippen LogP contribution in [0.5, 0.6) is 0 Å². The zero-order valence-electron chi connectivity index (χ0n) is 9.64. The maximum atomic E-state index is 11.2. The lowest BCUT2D eigenvalue weighted by atomic mass is 9.93. The van der Waals surface area contributed by atoms with Crippen LogP contribution in [0.1, 0.15) is 19.8 Å². The van der Waals surface area contributed by atoms with E-state index in [1.165, 1.54) is 0 Å². The van der Waals surface area contributed by atoms with Crippen molar-refractivity contribution in [3.8, 4) is 0 Å². The molecule has 0 aromatic carbocycles. The summed E-state index contributed by atoms with van der Waals surface area (Å²) in [6.07, 6.45) is 5.37. The Morgan fingerprint density at radius 1 is 1.47 bits per heavy atom. The fourth-order valence-electron chi connectivity index (χ4n) is 2.07. The molecule has 0 saturated carbocycles. The van der Waals surface area contributed by atoms with Crippen molar-refractivity contribution in [3.63, 3.8) is 0 Å². The SMILES string of the molecule is CC1CCC(C(N)=O)CN1c1ncc(I)cn1. The third-order valence-corrected chi connectivity index (χ3v) is 3.71. The lowest BCUT2D eigenvalue weighted by Crippen LogP contribution is -2.46. The molecule has 0 radical (unpaired) electrons. The molecule has 92 valence electrons. The molecule has 2 atom stereocenters. The molecule has 0 bridgehead atoms. The minimum Gasteiger partial charge on any atom is -0.369 e. The third kappa shape index (κ3) is 2.85. The molecule has 1 saturated heterocycles. The fourth-order valence-corrected chi connectivity index (χ4v) is 2.35. The number of aromatic nitrogens is 2. The molecule has 1 fully saturated rings. The summed E-state index contributed by atoms with van der Waals surface area (Å²) in [7, 11) is 0. The predicted octanol–water partition coefficient (Wildman–Crippen LogP) is 1.17. The summed E-state index contributed by atoms with van der Waals surface area (Å²) in [6.45, 7) is 2.75. The van der Waals surface area contributed by atoms with E-state index in [0.717, 1.165) is 16.4 Å². The number of carbonyl (C=O) groups excluding carboxylic acids is 1. The third-order valence-electron chi connectivity index (χ3n) is 3.15. The first-order valence-electron chi connectivity index (χ1n) is 5.61. The summed E-state index contributed by atoms with van der Waals surface area (Å²) in [4.78, 5) is 21.9. The van der Waals surface area contributed by atoms with Crippen molar-refractivity contribution >= 4 is 34.4 Å². The summed E-state index contributed by atoms with van der Waals surface area (Å²) in [5, 5.41) is 0. The van der Waals surface area contributed by atoms with Crippen molar-refractivity contribution in [1.29, 1.82) is 0 Å². The van der Waals surface area contributed by atoms with Gasteiger partial charge in [-0.25, -0.2) is 9.97 Å². The van der Waals surface area contributed by atoms with Gasteiger partial charge < -0.3 is 10.6 Å². The Balaban J connectivity index is 2.17. The van der Waals surface area contributed by atoms with Crippen LogP contribution >= 0.6 is 22.6 Å². The number of carbonyl (C=O) groups is 1. The van der Waals surface area contributed by atoms with Crippen molar-refractivity contribution < 1.29 is 4.79 Å². The molecule has 2 heterocycles. The second-order valence-electron chi connectivity index (χ2n) is 4.38. The van der Waals surface area contributed by atoms with Crippen LogP contribution in [-0.2, 0) is 4.79 Å². The normalized spacial score (nSPS) is 24.7. The van der Waals surface area contributed by atoms with Crippen LogP contribution in [0.2, 0.25) is 0 Å². The van der Waals surface area contributed by atoms with E-state index in [1.54, 1.807) is 12.4 Å². The molecule has 2 unspecified atom stereocenters. The number of primary amides is 1. The predicted molar refractivity (Wildman–Crippen MR) is 73.5 cm³/mol. The lowest BCUT2D eigenvalue weighted by Gasteiger charge is -2.36. The summed E-state index contributed by atoms with van der Waals surface area (Å²) < 4.78 is 1.00. The van der Waals surface area contributed by atoms with Crippen molar-refractivity contribution in [1.82, 2.24) is 9.97 Å². The van der Waals surface area contributed by atoms with E-state index in [4.69, 9.17) is 5.73 Å². The van der Waals surface area contributed by atoms with E-state index < -0.39 is 0 Å². The minimum absolute atomic E-state index is 0.0888. The van der Waals surface area contributed by atoms with Crippen molar-refractivity contribution in [2.45, 2.75) is 25.8 Å². The lowest BCUT2D eigenvalue weighted by molar-refractivity contribution is -0.122. The van der Waals surface area contributed by atoms with Gasteiger partial charge in [0, 0.05) is 28.6 Å². The zero-order chi connectivity index (χ0) is 12.4. The molecule has 1 aromatic heterocycles. The molecule has 5 nitrogen and oxygen atoms in total. The Labute approximate surface area is 114 Å². The number of amides is 1. The first-order valence-corrected chi connectivity index (χ1v) is 6.69. The van der Waals surface area contributed by atoms with Gasteiger partial charge in [0.15, 0.2) is 0 Å². The maximum absolute atomic E-state index is 11.2. The number of anilines is 1. The zero-order valence-corrected chi connectivity index (χ0v) is 11.8. The highest BCUT2D eigenvalue weighted by atomic mass is 127. The fraction of sp³-hybridized carbons (Fsp3) is 0.545. The Morgan fingerprint density at radius 2 is 2.12 bits per heavy atom. The highest BCUT2D eigenvalue weighted by Gasteiger charge is 2.29. The van der Waals surface area contributed by atoms with Crippen LogP contribution in [0.15, 0.2) is 12.4 Å². The van der Waals surface area contributed by atoms with Gasteiger partial charge in [-0.2, -0.15) is 0 Å². The molecule has 0 spiro atoms. The molecule has 1 amide bonds. The van der Waals surface area contributed by atoms with Crippen LogP contribution in [0.4, 0.5) is 5.95 Å². The van der Waals surface area contributed by atoms with Crippen molar-refractivity contribution in [2.24, 2.45) is 11.7 Å². The van der Waals surface area contributed by atoms with Crippen LogP contribution in [0.25, 0.3) is 0 Å². The van der Waals surface area contributed by atoms with Crippen LogP contribution < -0.4 is 10.6 Å². The van der Waals surface area contributed by atoms with Crippen LogP contribution in [0.3, 0.4) is 0 Å². The molecular formula is C11H15IN4O. The van der Waals surface area contributed by atoms with E-state index in [9.17, 15) is 4.79 Å². The number of hydrogen-bond acceptors (Lipinski definition) is 4. The summed E-state index contributed by atoms with van der Waals surface area (Å²) in [5.41, 5.74) is 5.37. The molecule has 0 aliphatic carbocycles. The summed E-state index contributed by atoms with van der Waals surface area (Å²) >= 11 is 2.17. The van der Waals surface area contributed by atoms with Gasteiger partial charge >= 0.3 is 0 Å². The second kappa shape index (κ2) is 5.16. The molecule has 1 aromatic rings. The maximum Gasteiger partial charge on any atom is 0.225 e. The van der Waals surface area contributed by atoms with Gasteiger partial charge in [-0.05, 0) is 42.4 Å². The Bertz CT molecular complexity index is 408. The van der Waals surface area contributed by atoms with E-state index in [0.29, 0.717) is 18.5 Å². The standard InChI is InChI=1S/C11H15IN4O/c1-7-2-3-8(10(13)17)6-16(7)11-14-4-9(12)5-15-11/h4-5,7-8H,2-3,6H2,1H3,(H2,13,17). The average Bonchev–Trinajstić information content (AvgIpc) is 2.31. The second-order valence-corrected chi connectivity index (χ2v) is 5.62. The molecule has 2 rings (SSSR count). The highest BCUT2D eigenvalue weighted by molar-refractivity contribution is 14.1. The molecule has 17 heavy (non-hydrogen) atoms. The highest BCUT2D eigenvalue weighted by Crippen LogP contribution is 2.24. The van der Waals surface area contributed by atoms with Gasteiger partial charge in [0.05, 0.1) is 5.92 Å². The van der Waals surface area contributed by atoms with Crippen molar-refractivity contribution in [3.05, 3.63) is 16.0 Å². The van der Waals surface area contributed by atoms with E-state index in [-0.39, 0.29) is 11.8 Å². The number of hydrogen-bond donors (Lipinski definition) is 1. The number of nitrogens with two attached hydrogens (primary N) is 1. The average molecular weight is 346 g/mol. The Hall–Kier alpha value is -0.920. The quantitative estimate of drug-likeness (QED) is 0.816. The molecule has 1 aliphatic heterocycles. The van der Waals surface area contributed by atoms with Gasteiger partial charge in [-0.3, -0.25) is 4.79 Å². The smallest absolute Gasteiger partial charge is 0.225 e. The van der Waals surface area contributed by atoms with Gasteiger partial charge in [0.2, 0.25) is 11.9 Å². The van der Waals surface area contributed by atoms with E-state index in [1.807, 2.05) is 0 Å². The van der Waals surface area contributed by atoms with Crippen LogP contribution in [0, 0.1) is 9.49 Å². The Morgan fingerprint density at radius 3 is 2.71 bits per heavy atom. The number of nitrogens with zero attached hydrogens (tertiary/aromatic N) is 3. The summed E-state index contributed by atoms with van der Waals surface area (Å²) in [5.74, 6) is 0.366. The monoisotopic (exact) mass is 346 g/mol. The number of rotatable bonds is 2. The largest absolute Gasteiger partial charge is 0.369 e. The number of halogens is 1. The van der Waals surface area contributed by atoms with Gasteiger partial charge in [0.25, 0.3) is 0 Å². The molecular weight excluding hydrogens is 331 g/mol.